The van der Waals surface area contributed by atoms with Gasteiger partial charge in [-0.15, -0.1) is 0 Å². The standard InChI is InChI=1S/C32H40O4/c33-29-31-8-13-5-14(9-31)11-32(10-13,12-31)30(34)36-22-4-2-16-18-7-20(24(16)22)28-26(18)25-17-6-19(27(25)28)23-15(17)1-3-21(23)35-29/h13-28H,1-12H2/t13?,14?,15-,16+,17-,18+,19+,20-,21-,22+,23-,24+,25+,26-,27+,28-,31?,32?. The Morgan fingerprint density at radius 3 is 1.42 bits per heavy atom. The molecule has 0 aromatic rings. The summed E-state index contributed by atoms with van der Waals surface area (Å²) in [6, 6.07) is 0. The fourth-order valence-electron chi connectivity index (χ4n) is 15.9. The fourth-order valence-corrected chi connectivity index (χ4v) is 15.9. The monoisotopic (exact) mass is 488 g/mol. The summed E-state index contributed by atoms with van der Waals surface area (Å²) in [5, 5.41) is 0. The quantitative estimate of drug-likeness (QED) is 0.438. The smallest absolute Gasteiger partial charge is 0.312 e. The van der Waals surface area contributed by atoms with E-state index in [0.717, 1.165) is 104 Å². The van der Waals surface area contributed by atoms with Gasteiger partial charge in [-0.2, -0.15) is 0 Å². The molecule has 2 spiro atoms. The highest BCUT2D eigenvalue weighted by Gasteiger charge is 2.78. The Morgan fingerprint density at radius 2 is 0.944 bits per heavy atom. The van der Waals surface area contributed by atoms with E-state index < -0.39 is 10.8 Å². The highest BCUT2D eigenvalue weighted by atomic mass is 16.6. The van der Waals surface area contributed by atoms with E-state index in [0.29, 0.717) is 23.7 Å². The van der Waals surface area contributed by atoms with Crippen LogP contribution in [0.4, 0.5) is 0 Å². The van der Waals surface area contributed by atoms with Crippen molar-refractivity contribution in [1.29, 1.82) is 0 Å². The SMILES string of the molecule is O=C1O[C@H]2CC[C@H]3[C@@H]4C[C@@H]([C@H]5[C@H]6[C@H]7C[C@H]([C@H]8CC[C@@H](OC(=O)C9%10CC%11CC(CC1(C%11)C9)C%10)[C@H]87)[C@H]6[C@@H]45)[C@H]32. The van der Waals surface area contributed by atoms with Crippen LogP contribution in [0.1, 0.15) is 77.0 Å². The molecule has 1 heterocycles. The molecule has 8 bridgehead atoms. The average molecular weight is 489 g/mol. The van der Waals surface area contributed by atoms with Crippen molar-refractivity contribution < 1.29 is 19.1 Å². The first-order valence-corrected chi connectivity index (χ1v) is 16.0. The van der Waals surface area contributed by atoms with E-state index >= 15 is 0 Å². The van der Waals surface area contributed by atoms with Crippen LogP contribution in [0.3, 0.4) is 0 Å². The predicted octanol–water partition coefficient (Wildman–Crippen LogP) is 5.24. The lowest BCUT2D eigenvalue weighted by molar-refractivity contribution is -0.201. The molecule has 12 aliphatic rings. The third-order valence-corrected chi connectivity index (χ3v) is 15.8. The lowest BCUT2D eigenvalue weighted by atomic mass is 9.43. The van der Waals surface area contributed by atoms with E-state index in [9.17, 15) is 9.59 Å². The summed E-state index contributed by atoms with van der Waals surface area (Å²) in [6.45, 7) is 0. The van der Waals surface area contributed by atoms with Crippen LogP contribution in [0.2, 0.25) is 0 Å². The summed E-state index contributed by atoms with van der Waals surface area (Å²) in [6.07, 6.45) is 13.9. The van der Waals surface area contributed by atoms with Gasteiger partial charge in [-0.05, 0) is 148 Å². The number of esters is 2. The van der Waals surface area contributed by atoms with Gasteiger partial charge in [0.15, 0.2) is 0 Å². The van der Waals surface area contributed by atoms with Crippen LogP contribution in [0.15, 0.2) is 0 Å². The van der Waals surface area contributed by atoms with Crippen molar-refractivity contribution in [2.45, 2.75) is 89.3 Å². The number of hydrogen-bond acceptors (Lipinski definition) is 4. The number of rotatable bonds is 0. The summed E-state index contributed by atoms with van der Waals surface area (Å²) in [5.74, 6) is 11.5. The largest absolute Gasteiger partial charge is 0.462 e. The number of carbonyl (C=O) groups excluding carboxylic acids is 2. The van der Waals surface area contributed by atoms with E-state index in [1.54, 1.807) is 0 Å². The van der Waals surface area contributed by atoms with Crippen LogP contribution in [0, 0.1) is 93.7 Å². The van der Waals surface area contributed by atoms with Crippen molar-refractivity contribution in [1.82, 2.24) is 0 Å². The molecule has 11 saturated carbocycles. The van der Waals surface area contributed by atoms with Gasteiger partial charge in [0.2, 0.25) is 0 Å². The maximum Gasteiger partial charge on any atom is 0.312 e. The molecule has 12 rings (SSSR count). The third kappa shape index (κ3) is 1.96. The summed E-state index contributed by atoms with van der Waals surface area (Å²) >= 11 is 0. The highest BCUT2D eigenvalue weighted by Crippen LogP contribution is 2.82. The Kier molecular flexibility index (Phi) is 3.27. The Hall–Kier alpha value is -1.06. The van der Waals surface area contributed by atoms with Crippen molar-refractivity contribution >= 4 is 11.9 Å². The Morgan fingerprint density at radius 1 is 0.500 bits per heavy atom. The lowest BCUT2D eigenvalue weighted by Gasteiger charge is -2.61. The van der Waals surface area contributed by atoms with E-state index in [2.05, 4.69) is 0 Å². The second-order valence-corrected chi connectivity index (χ2v) is 16.5. The first kappa shape index (κ1) is 19.9. The molecule has 4 nitrogen and oxygen atoms in total. The number of fused-ring (bicyclic) bond motifs is 7. The van der Waals surface area contributed by atoms with Crippen molar-refractivity contribution in [3.05, 3.63) is 0 Å². The summed E-state index contributed by atoms with van der Waals surface area (Å²) in [4.78, 5) is 28.3. The minimum Gasteiger partial charge on any atom is -0.462 e. The molecule has 36 heavy (non-hydrogen) atoms. The number of ether oxygens (including phenoxy) is 2. The molecule has 0 aromatic heterocycles. The Labute approximate surface area is 214 Å². The predicted molar refractivity (Wildman–Crippen MR) is 129 cm³/mol. The Balaban J connectivity index is 1.05. The van der Waals surface area contributed by atoms with E-state index in [1.165, 1.54) is 32.1 Å². The van der Waals surface area contributed by atoms with Gasteiger partial charge in [0.1, 0.15) is 12.2 Å². The van der Waals surface area contributed by atoms with Gasteiger partial charge in [-0.3, -0.25) is 9.59 Å². The second-order valence-electron chi connectivity index (χ2n) is 16.5. The van der Waals surface area contributed by atoms with Gasteiger partial charge < -0.3 is 9.47 Å². The van der Waals surface area contributed by atoms with Gasteiger partial charge in [-0.1, -0.05) is 0 Å². The Bertz CT molecular complexity index is 1020. The molecule has 12 fully saturated rings. The third-order valence-electron chi connectivity index (χ3n) is 15.8. The van der Waals surface area contributed by atoms with Crippen LogP contribution in [-0.2, 0) is 19.1 Å². The lowest BCUT2D eigenvalue weighted by Crippen LogP contribution is -2.59. The van der Waals surface area contributed by atoms with Crippen molar-refractivity contribution in [3.8, 4) is 0 Å². The molecule has 0 aromatic carbocycles. The highest BCUT2D eigenvalue weighted by molar-refractivity contribution is 5.83. The maximum absolute atomic E-state index is 14.1. The molecule has 2 unspecified atom stereocenters. The number of carbonyl (C=O) groups is 2. The normalized spacial score (nSPS) is 69.7. The molecule has 16 atom stereocenters. The zero-order chi connectivity index (χ0) is 23.3. The van der Waals surface area contributed by atoms with Crippen molar-refractivity contribution in [2.75, 3.05) is 0 Å². The van der Waals surface area contributed by atoms with Crippen LogP contribution >= 0.6 is 0 Å². The summed E-state index contributed by atoms with van der Waals surface area (Å²) in [7, 11) is 0. The molecule has 0 N–H and O–H groups in total. The van der Waals surface area contributed by atoms with Gasteiger partial charge in [0.25, 0.3) is 0 Å². The van der Waals surface area contributed by atoms with Crippen LogP contribution in [0.25, 0.3) is 0 Å². The molecule has 0 radical (unpaired) electrons. The van der Waals surface area contributed by atoms with Gasteiger partial charge in [-0.25, -0.2) is 0 Å². The maximum atomic E-state index is 14.1. The zero-order valence-corrected chi connectivity index (χ0v) is 21.4. The van der Waals surface area contributed by atoms with Gasteiger partial charge >= 0.3 is 11.9 Å². The minimum absolute atomic E-state index is 0.0991. The second kappa shape index (κ2) is 5.91. The van der Waals surface area contributed by atoms with E-state index in [1.807, 2.05) is 0 Å². The van der Waals surface area contributed by atoms with Crippen molar-refractivity contribution in [3.63, 3.8) is 0 Å². The van der Waals surface area contributed by atoms with E-state index in [4.69, 9.17) is 9.47 Å². The zero-order valence-electron chi connectivity index (χ0n) is 21.4. The molecular formula is C32H40O4. The molecule has 1 saturated heterocycles. The topological polar surface area (TPSA) is 52.6 Å². The van der Waals surface area contributed by atoms with E-state index in [-0.39, 0.29) is 24.1 Å². The first-order chi connectivity index (χ1) is 17.5. The van der Waals surface area contributed by atoms with Crippen LogP contribution in [-0.4, -0.2) is 24.1 Å². The molecule has 0 amide bonds. The van der Waals surface area contributed by atoms with Crippen LogP contribution in [0.5, 0.6) is 0 Å². The number of hydrogen-bond donors (Lipinski definition) is 0. The van der Waals surface area contributed by atoms with Crippen molar-refractivity contribution in [2.24, 2.45) is 93.7 Å². The minimum atomic E-state index is -0.404. The summed E-state index contributed by atoms with van der Waals surface area (Å²) in [5.41, 5.74) is -0.808. The molecular weight excluding hydrogens is 448 g/mol. The molecule has 11 aliphatic carbocycles. The average Bonchev–Trinajstić information content (AvgIpc) is 3.62. The van der Waals surface area contributed by atoms with Crippen LogP contribution < -0.4 is 0 Å². The molecule has 192 valence electrons. The molecule has 1 aliphatic heterocycles. The first-order valence-electron chi connectivity index (χ1n) is 16.0. The summed E-state index contributed by atoms with van der Waals surface area (Å²) < 4.78 is 13.3. The van der Waals surface area contributed by atoms with Gasteiger partial charge in [0, 0.05) is 11.8 Å². The fraction of sp³-hybridized carbons (Fsp3) is 0.938. The van der Waals surface area contributed by atoms with Gasteiger partial charge in [0.05, 0.1) is 10.8 Å². The molecule has 4 heteroatoms.